The summed E-state index contributed by atoms with van der Waals surface area (Å²) in [5.74, 6) is 0.00240. The van der Waals surface area contributed by atoms with Gasteiger partial charge < -0.3 is 10.4 Å². The molecule has 3 aromatic rings. The van der Waals surface area contributed by atoms with E-state index in [2.05, 4.69) is 10.3 Å². The smallest absolute Gasteiger partial charge is 0.257 e. The largest absolute Gasteiger partial charge is 0.508 e. The minimum atomic E-state index is -0.201. The third-order valence-electron chi connectivity index (χ3n) is 3.59. The molecule has 0 aliphatic heterocycles. The highest BCUT2D eigenvalue weighted by atomic mass is 16.3. The second-order valence-corrected chi connectivity index (χ2v) is 5.28. The van der Waals surface area contributed by atoms with Crippen LogP contribution in [0.3, 0.4) is 0 Å². The van der Waals surface area contributed by atoms with Crippen LogP contribution in [0.2, 0.25) is 0 Å². The van der Waals surface area contributed by atoms with Crippen LogP contribution in [0.4, 0.5) is 5.69 Å². The quantitative estimate of drug-likeness (QED) is 0.768. The van der Waals surface area contributed by atoms with Crippen molar-refractivity contribution >= 4 is 11.6 Å². The fraction of sp³-hybridized carbons (Fsp3) is 0.0526. The zero-order chi connectivity index (χ0) is 16.2. The number of phenolic OH excluding ortho intramolecular Hbond substituents is 1. The highest BCUT2D eigenvalue weighted by Crippen LogP contribution is 2.22. The number of rotatable bonds is 3. The van der Waals surface area contributed by atoms with Gasteiger partial charge in [-0.2, -0.15) is 0 Å². The van der Waals surface area contributed by atoms with Crippen molar-refractivity contribution in [3.8, 4) is 16.9 Å². The summed E-state index contributed by atoms with van der Waals surface area (Å²) >= 11 is 0. The van der Waals surface area contributed by atoms with Crippen LogP contribution < -0.4 is 5.32 Å². The molecule has 2 aromatic carbocycles. The van der Waals surface area contributed by atoms with Crippen LogP contribution in [-0.2, 0) is 0 Å². The molecule has 0 spiro atoms. The summed E-state index contributed by atoms with van der Waals surface area (Å²) in [5.41, 5.74) is 3.98. The van der Waals surface area contributed by atoms with Crippen LogP contribution in [0.1, 0.15) is 15.9 Å². The van der Waals surface area contributed by atoms with Crippen LogP contribution in [0.15, 0.2) is 67.0 Å². The van der Waals surface area contributed by atoms with E-state index >= 15 is 0 Å². The number of para-hydroxylation sites is 1. The van der Waals surface area contributed by atoms with E-state index in [1.807, 2.05) is 31.2 Å². The number of carbonyl (C=O) groups is 1. The molecule has 0 saturated carbocycles. The fourth-order valence-electron chi connectivity index (χ4n) is 2.28. The number of aromatic hydroxyl groups is 1. The molecule has 0 atom stereocenters. The fourth-order valence-corrected chi connectivity index (χ4v) is 2.28. The molecule has 0 unspecified atom stereocenters. The van der Waals surface area contributed by atoms with E-state index in [0.29, 0.717) is 5.56 Å². The first-order chi connectivity index (χ1) is 11.1. The molecule has 0 aliphatic rings. The maximum Gasteiger partial charge on any atom is 0.257 e. The van der Waals surface area contributed by atoms with Crippen molar-refractivity contribution in [1.82, 2.24) is 4.98 Å². The lowest BCUT2D eigenvalue weighted by molar-refractivity contribution is 0.102. The van der Waals surface area contributed by atoms with Crippen LogP contribution >= 0.6 is 0 Å². The summed E-state index contributed by atoms with van der Waals surface area (Å²) in [7, 11) is 0. The minimum absolute atomic E-state index is 0.201. The van der Waals surface area contributed by atoms with Gasteiger partial charge in [0.1, 0.15) is 5.75 Å². The van der Waals surface area contributed by atoms with Crippen molar-refractivity contribution in [2.75, 3.05) is 5.32 Å². The van der Waals surface area contributed by atoms with Gasteiger partial charge in [0.05, 0.1) is 5.56 Å². The number of phenols is 1. The average Bonchev–Trinajstić information content (AvgIpc) is 2.58. The van der Waals surface area contributed by atoms with Gasteiger partial charge in [0.2, 0.25) is 0 Å². The Kier molecular flexibility index (Phi) is 4.06. The van der Waals surface area contributed by atoms with E-state index in [0.717, 1.165) is 22.4 Å². The van der Waals surface area contributed by atoms with Gasteiger partial charge in [-0.3, -0.25) is 9.78 Å². The average molecular weight is 304 g/mol. The Morgan fingerprint density at radius 3 is 2.48 bits per heavy atom. The second-order valence-electron chi connectivity index (χ2n) is 5.28. The first-order valence-corrected chi connectivity index (χ1v) is 7.25. The summed E-state index contributed by atoms with van der Waals surface area (Å²) in [5, 5.41) is 12.3. The number of benzene rings is 2. The molecular formula is C19H16N2O2. The maximum atomic E-state index is 12.4. The Bertz CT molecular complexity index is 842. The van der Waals surface area contributed by atoms with E-state index in [1.165, 1.54) is 6.20 Å². The zero-order valence-corrected chi connectivity index (χ0v) is 12.7. The molecule has 0 bridgehead atoms. The number of hydrogen-bond acceptors (Lipinski definition) is 3. The Balaban J connectivity index is 1.86. The van der Waals surface area contributed by atoms with Crippen molar-refractivity contribution in [2.24, 2.45) is 0 Å². The van der Waals surface area contributed by atoms with E-state index in [4.69, 9.17) is 0 Å². The van der Waals surface area contributed by atoms with Crippen molar-refractivity contribution in [3.05, 3.63) is 78.1 Å². The lowest BCUT2D eigenvalue weighted by Crippen LogP contribution is -2.13. The number of amides is 1. The van der Waals surface area contributed by atoms with Gasteiger partial charge in [0.15, 0.2) is 0 Å². The van der Waals surface area contributed by atoms with Gasteiger partial charge in [-0.15, -0.1) is 0 Å². The molecule has 0 radical (unpaired) electrons. The van der Waals surface area contributed by atoms with Crippen molar-refractivity contribution in [3.63, 3.8) is 0 Å². The highest BCUT2D eigenvalue weighted by molar-refractivity contribution is 6.05. The first-order valence-electron chi connectivity index (χ1n) is 7.25. The van der Waals surface area contributed by atoms with Crippen LogP contribution in [0.25, 0.3) is 11.1 Å². The van der Waals surface area contributed by atoms with Gasteiger partial charge in [0.25, 0.3) is 5.91 Å². The highest BCUT2D eigenvalue weighted by Gasteiger charge is 2.09. The number of aryl methyl sites for hydroxylation is 1. The molecule has 0 aliphatic carbocycles. The van der Waals surface area contributed by atoms with Gasteiger partial charge >= 0.3 is 0 Å². The molecule has 114 valence electrons. The van der Waals surface area contributed by atoms with Gasteiger partial charge in [0, 0.05) is 23.6 Å². The van der Waals surface area contributed by atoms with E-state index in [9.17, 15) is 9.90 Å². The Hall–Kier alpha value is -3.14. The molecule has 4 heteroatoms. The van der Waals surface area contributed by atoms with Gasteiger partial charge in [-0.25, -0.2) is 0 Å². The predicted molar refractivity (Wildman–Crippen MR) is 90.5 cm³/mol. The Morgan fingerprint density at radius 1 is 1.00 bits per heavy atom. The summed E-state index contributed by atoms with van der Waals surface area (Å²) in [6.45, 7) is 1.95. The summed E-state index contributed by atoms with van der Waals surface area (Å²) < 4.78 is 0. The topological polar surface area (TPSA) is 62.2 Å². The summed E-state index contributed by atoms with van der Waals surface area (Å²) in [6, 6.07) is 16.2. The number of hydrogen-bond donors (Lipinski definition) is 2. The first kappa shape index (κ1) is 14.8. The lowest BCUT2D eigenvalue weighted by atomic mass is 10.1. The third-order valence-corrected chi connectivity index (χ3v) is 3.59. The predicted octanol–water partition coefficient (Wildman–Crippen LogP) is 4.01. The van der Waals surface area contributed by atoms with Crippen LogP contribution in [0, 0.1) is 6.92 Å². The SMILES string of the molecule is Cc1ccccc1NC(=O)c1cncc(-c2ccc(O)cc2)c1. The zero-order valence-electron chi connectivity index (χ0n) is 12.7. The van der Waals surface area contributed by atoms with Crippen LogP contribution in [-0.4, -0.2) is 16.0 Å². The number of aromatic nitrogens is 1. The monoisotopic (exact) mass is 304 g/mol. The van der Waals surface area contributed by atoms with E-state index in [1.54, 1.807) is 36.5 Å². The normalized spacial score (nSPS) is 10.3. The Morgan fingerprint density at radius 2 is 1.74 bits per heavy atom. The standard InChI is InChI=1S/C19H16N2O2/c1-13-4-2-3-5-18(13)21-19(23)16-10-15(11-20-12-16)14-6-8-17(22)9-7-14/h2-12,22H,1H3,(H,21,23). The van der Waals surface area contributed by atoms with E-state index in [-0.39, 0.29) is 11.7 Å². The molecular weight excluding hydrogens is 288 g/mol. The number of pyridine rings is 1. The second kappa shape index (κ2) is 6.32. The number of nitrogens with zero attached hydrogens (tertiary/aromatic N) is 1. The summed E-state index contributed by atoms with van der Waals surface area (Å²) in [6.07, 6.45) is 3.23. The van der Waals surface area contributed by atoms with Crippen molar-refractivity contribution in [1.29, 1.82) is 0 Å². The number of carbonyl (C=O) groups excluding carboxylic acids is 1. The molecule has 0 fully saturated rings. The van der Waals surface area contributed by atoms with Gasteiger partial charge in [-0.1, -0.05) is 30.3 Å². The van der Waals surface area contributed by atoms with E-state index < -0.39 is 0 Å². The van der Waals surface area contributed by atoms with Crippen molar-refractivity contribution < 1.29 is 9.90 Å². The van der Waals surface area contributed by atoms with Gasteiger partial charge in [-0.05, 0) is 42.3 Å². The maximum absolute atomic E-state index is 12.4. The molecule has 0 saturated heterocycles. The third kappa shape index (κ3) is 3.37. The molecule has 3 rings (SSSR count). The molecule has 1 heterocycles. The molecule has 2 N–H and O–H groups in total. The Labute approximate surface area is 134 Å². The van der Waals surface area contributed by atoms with Crippen molar-refractivity contribution in [2.45, 2.75) is 6.92 Å². The molecule has 1 aromatic heterocycles. The lowest BCUT2D eigenvalue weighted by Gasteiger charge is -2.09. The summed E-state index contributed by atoms with van der Waals surface area (Å²) in [4.78, 5) is 16.6. The minimum Gasteiger partial charge on any atom is -0.508 e. The molecule has 4 nitrogen and oxygen atoms in total. The molecule has 23 heavy (non-hydrogen) atoms. The number of anilines is 1. The molecule has 1 amide bonds. The number of nitrogens with one attached hydrogen (secondary N) is 1. The van der Waals surface area contributed by atoms with Crippen LogP contribution in [0.5, 0.6) is 5.75 Å².